The van der Waals surface area contributed by atoms with E-state index in [4.69, 9.17) is 16.3 Å². The summed E-state index contributed by atoms with van der Waals surface area (Å²) >= 11 is 5.79. The first kappa shape index (κ1) is 17.1. The third-order valence-corrected chi connectivity index (χ3v) is 4.77. The van der Waals surface area contributed by atoms with Gasteiger partial charge in [-0.2, -0.15) is 0 Å². The molecule has 1 aromatic rings. The highest BCUT2D eigenvalue weighted by molar-refractivity contribution is 7.85. The van der Waals surface area contributed by atoms with Gasteiger partial charge in [0.25, 0.3) is 0 Å². The van der Waals surface area contributed by atoms with Gasteiger partial charge in [0, 0.05) is 18.7 Å². The molecule has 1 aromatic heterocycles. The number of nitrogens with zero attached hydrogens (tertiary/aromatic N) is 3. The molecule has 0 N–H and O–H groups in total. The first-order chi connectivity index (χ1) is 10.3. The fourth-order valence-corrected chi connectivity index (χ4v) is 3.76. The van der Waals surface area contributed by atoms with Crippen molar-refractivity contribution in [1.29, 1.82) is 0 Å². The van der Waals surface area contributed by atoms with Gasteiger partial charge in [0.15, 0.2) is 0 Å². The van der Waals surface area contributed by atoms with Gasteiger partial charge in [-0.1, -0.05) is 11.6 Å². The summed E-state index contributed by atoms with van der Waals surface area (Å²) in [5.74, 6) is 0.326. The van der Waals surface area contributed by atoms with Crippen molar-refractivity contribution in [3.8, 4) is 0 Å². The number of halogens is 1. The number of carbonyl (C=O) groups excluding carboxylic acids is 1. The van der Waals surface area contributed by atoms with E-state index in [-0.39, 0.29) is 17.3 Å². The lowest BCUT2D eigenvalue weighted by Gasteiger charge is -2.28. The Bertz CT molecular complexity index is 577. The second kappa shape index (κ2) is 6.91. The summed E-state index contributed by atoms with van der Waals surface area (Å²) in [6.45, 7) is 6.12. The molecule has 2 atom stereocenters. The summed E-state index contributed by atoms with van der Waals surface area (Å²) in [7, 11) is -1.33. The van der Waals surface area contributed by atoms with Gasteiger partial charge >= 0.3 is 6.09 Å². The van der Waals surface area contributed by atoms with Crippen molar-refractivity contribution in [2.45, 2.75) is 50.3 Å². The fourth-order valence-electron chi connectivity index (χ4n) is 2.27. The van der Waals surface area contributed by atoms with E-state index in [0.717, 1.165) is 12.8 Å². The van der Waals surface area contributed by atoms with E-state index in [0.29, 0.717) is 17.3 Å². The Hall–Kier alpha value is -1.21. The molecule has 1 aliphatic rings. The first-order valence-electron chi connectivity index (χ1n) is 7.12. The molecule has 8 heteroatoms. The number of amides is 1. The predicted octanol–water partition coefficient (Wildman–Crippen LogP) is 2.64. The van der Waals surface area contributed by atoms with E-state index in [1.54, 1.807) is 4.90 Å². The molecule has 1 saturated heterocycles. The molecule has 1 fully saturated rings. The van der Waals surface area contributed by atoms with Crippen LogP contribution in [0.1, 0.15) is 33.6 Å². The lowest BCUT2D eigenvalue weighted by atomic mass is 10.2. The van der Waals surface area contributed by atoms with Crippen molar-refractivity contribution < 1.29 is 13.7 Å². The third kappa shape index (κ3) is 4.64. The van der Waals surface area contributed by atoms with E-state index in [9.17, 15) is 9.00 Å². The zero-order valence-corrected chi connectivity index (χ0v) is 14.5. The van der Waals surface area contributed by atoms with Crippen LogP contribution in [0.5, 0.6) is 0 Å². The maximum Gasteiger partial charge on any atom is 0.410 e. The van der Waals surface area contributed by atoms with Crippen molar-refractivity contribution in [2.75, 3.05) is 12.3 Å². The molecule has 0 aromatic carbocycles. The Morgan fingerprint density at radius 3 is 2.86 bits per heavy atom. The number of carbonyl (C=O) groups is 1. The molecule has 0 bridgehead atoms. The summed E-state index contributed by atoms with van der Waals surface area (Å²) < 4.78 is 17.8. The summed E-state index contributed by atoms with van der Waals surface area (Å²) in [5, 5.41) is 0.643. The number of likely N-dealkylation sites (tertiary alicyclic amines) is 1. The van der Waals surface area contributed by atoms with Crippen LogP contribution in [0.2, 0.25) is 5.15 Å². The second-order valence-corrected chi connectivity index (χ2v) is 7.99. The average molecular weight is 346 g/mol. The van der Waals surface area contributed by atoms with E-state index >= 15 is 0 Å². The van der Waals surface area contributed by atoms with Gasteiger partial charge in [0.1, 0.15) is 22.1 Å². The maximum absolute atomic E-state index is 12.4. The van der Waals surface area contributed by atoms with E-state index < -0.39 is 16.4 Å². The highest BCUT2D eigenvalue weighted by atomic mass is 35.5. The lowest BCUT2D eigenvalue weighted by Crippen LogP contribution is -2.42. The van der Waals surface area contributed by atoms with Crippen molar-refractivity contribution in [3.63, 3.8) is 0 Å². The van der Waals surface area contributed by atoms with Gasteiger partial charge in [0.2, 0.25) is 0 Å². The summed E-state index contributed by atoms with van der Waals surface area (Å²) in [6, 6.07) is 1.38. The largest absolute Gasteiger partial charge is 0.444 e. The zero-order valence-electron chi connectivity index (χ0n) is 12.9. The molecule has 122 valence electrons. The SMILES string of the molecule is CC(C)(C)OC(=O)N1CCC[C@H]1C[S@](=O)c1cc(Cl)ncn1. The number of hydrogen-bond donors (Lipinski definition) is 0. The molecule has 22 heavy (non-hydrogen) atoms. The van der Waals surface area contributed by atoms with Crippen LogP contribution in [-0.4, -0.2) is 49.1 Å². The molecule has 1 aliphatic heterocycles. The second-order valence-electron chi connectivity index (χ2n) is 6.16. The minimum absolute atomic E-state index is 0.107. The Balaban J connectivity index is 2.02. The first-order valence-corrected chi connectivity index (χ1v) is 8.81. The van der Waals surface area contributed by atoms with Crippen LogP contribution in [0.25, 0.3) is 0 Å². The van der Waals surface area contributed by atoms with Crippen LogP contribution in [0, 0.1) is 0 Å². The standard InChI is InChI=1S/C14H20ClN3O3S/c1-14(2,3)21-13(19)18-6-4-5-10(18)8-22(20)12-7-11(15)16-9-17-12/h7,9-10H,4-6,8H2,1-3H3/t10-,22-/m0/s1. The molecule has 2 heterocycles. The Morgan fingerprint density at radius 2 is 2.23 bits per heavy atom. The molecular formula is C14H20ClN3O3S. The minimum atomic E-state index is -1.33. The van der Waals surface area contributed by atoms with Gasteiger partial charge in [-0.15, -0.1) is 0 Å². The van der Waals surface area contributed by atoms with Gasteiger partial charge < -0.3 is 9.64 Å². The molecule has 0 radical (unpaired) electrons. The third-order valence-electron chi connectivity index (χ3n) is 3.19. The highest BCUT2D eigenvalue weighted by Crippen LogP contribution is 2.22. The van der Waals surface area contributed by atoms with E-state index in [1.807, 2.05) is 20.8 Å². The number of aromatic nitrogens is 2. The summed E-state index contributed by atoms with van der Waals surface area (Å²) in [5.41, 5.74) is -0.538. The van der Waals surface area contributed by atoms with Crippen LogP contribution >= 0.6 is 11.6 Å². The van der Waals surface area contributed by atoms with E-state index in [1.165, 1.54) is 12.4 Å². The average Bonchev–Trinajstić information content (AvgIpc) is 2.85. The molecule has 2 rings (SSSR count). The zero-order chi connectivity index (χ0) is 16.3. The molecule has 0 spiro atoms. The molecular weight excluding hydrogens is 326 g/mol. The fraction of sp³-hybridized carbons (Fsp3) is 0.643. The Morgan fingerprint density at radius 1 is 1.50 bits per heavy atom. The van der Waals surface area contributed by atoms with Crippen LogP contribution in [-0.2, 0) is 15.5 Å². The highest BCUT2D eigenvalue weighted by Gasteiger charge is 2.33. The maximum atomic E-state index is 12.4. The molecule has 0 unspecified atom stereocenters. The predicted molar refractivity (Wildman–Crippen MR) is 84.3 cm³/mol. The molecule has 1 amide bonds. The Kier molecular flexibility index (Phi) is 5.39. The monoisotopic (exact) mass is 345 g/mol. The Labute approximate surface area is 137 Å². The molecule has 0 aliphatic carbocycles. The number of ether oxygens (including phenoxy) is 1. The van der Waals surface area contributed by atoms with Crippen molar-refractivity contribution >= 4 is 28.5 Å². The summed E-state index contributed by atoms with van der Waals surface area (Å²) in [4.78, 5) is 21.6. The smallest absolute Gasteiger partial charge is 0.410 e. The van der Waals surface area contributed by atoms with Crippen molar-refractivity contribution in [3.05, 3.63) is 17.5 Å². The molecule has 0 saturated carbocycles. The van der Waals surface area contributed by atoms with Crippen LogP contribution in [0.4, 0.5) is 4.79 Å². The van der Waals surface area contributed by atoms with Crippen LogP contribution in [0.3, 0.4) is 0 Å². The van der Waals surface area contributed by atoms with Gasteiger partial charge in [-0.3, -0.25) is 4.21 Å². The van der Waals surface area contributed by atoms with Crippen LogP contribution in [0.15, 0.2) is 17.4 Å². The van der Waals surface area contributed by atoms with Gasteiger partial charge in [0.05, 0.1) is 16.6 Å². The minimum Gasteiger partial charge on any atom is -0.444 e. The van der Waals surface area contributed by atoms with Crippen molar-refractivity contribution in [1.82, 2.24) is 14.9 Å². The van der Waals surface area contributed by atoms with E-state index in [2.05, 4.69) is 9.97 Å². The normalized spacial score (nSPS) is 20.0. The van der Waals surface area contributed by atoms with Crippen molar-refractivity contribution in [2.24, 2.45) is 0 Å². The quantitative estimate of drug-likeness (QED) is 0.787. The topological polar surface area (TPSA) is 72.4 Å². The van der Waals surface area contributed by atoms with Crippen LogP contribution < -0.4 is 0 Å². The van der Waals surface area contributed by atoms with Gasteiger partial charge in [-0.25, -0.2) is 14.8 Å². The van der Waals surface area contributed by atoms with Gasteiger partial charge in [-0.05, 0) is 33.6 Å². The summed E-state index contributed by atoms with van der Waals surface area (Å²) in [6.07, 6.45) is 2.62. The lowest BCUT2D eigenvalue weighted by molar-refractivity contribution is 0.0241. The number of rotatable bonds is 3. The molecule has 6 nitrogen and oxygen atoms in total. The number of hydrogen-bond acceptors (Lipinski definition) is 5.